The van der Waals surface area contributed by atoms with E-state index in [1.165, 1.54) is 6.07 Å². The molecule has 1 aliphatic rings. The van der Waals surface area contributed by atoms with Crippen molar-refractivity contribution < 1.29 is 22.7 Å². The number of hydrogen-bond acceptors (Lipinski definition) is 3. The van der Waals surface area contributed by atoms with Gasteiger partial charge in [-0.3, -0.25) is 4.79 Å². The summed E-state index contributed by atoms with van der Waals surface area (Å²) in [4.78, 5) is 18.2. The van der Waals surface area contributed by atoms with Crippen LogP contribution >= 0.6 is 24.0 Å². The van der Waals surface area contributed by atoms with E-state index < -0.39 is 12.8 Å². The molecule has 6 nitrogen and oxygen atoms in total. The summed E-state index contributed by atoms with van der Waals surface area (Å²) in [6, 6.07) is 14.3. The third-order valence-electron chi connectivity index (χ3n) is 4.90. The predicted octanol–water partition coefficient (Wildman–Crippen LogP) is 4.63. The Morgan fingerprint density at radius 1 is 1.12 bits per heavy atom. The van der Waals surface area contributed by atoms with Crippen LogP contribution in [0.5, 0.6) is 5.75 Å². The summed E-state index contributed by atoms with van der Waals surface area (Å²) in [5.41, 5.74) is 2.47. The number of nitrogens with zero attached hydrogens (tertiary/aromatic N) is 2. The second-order valence-electron chi connectivity index (χ2n) is 7.38. The first-order chi connectivity index (χ1) is 15.4. The molecule has 180 valence electrons. The standard InChI is InChI=1S/C23H27F3N4O2.HI/c1-2-27-22(29-15-18-6-3-4-7-20(18)32-16-23(24,25)26)28-14-17-9-11-19(12-10-17)30-13-5-8-21(30)31;/h3-4,6-7,9-12H,2,5,8,13-16H2,1H3,(H2,27,28,29);1H. The average molecular weight is 576 g/mol. The maximum Gasteiger partial charge on any atom is 0.422 e. The van der Waals surface area contributed by atoms with Crippen LogP contribution in [-0.4, -0.2) is 37.7 Å². The molecule has 0 aliphatic carbocycles. The van der Waals surface area contributed by atoms with Crippen molar-refractivity contribution in [2.24, 2.45) is 4.99 Å². The number of halogens is 4. The van der Waals surface area contributed by atoms with Crippen LogP contribution in [0.25, 0.3) is 0 Å². The zero-order valence-corrected chi connectivity index (χ0v) is 20.7. The van der Waals surface area contributed by atoms with Crippen LogP contribution in [0.15, 0.2) is 53.5 Å². The molecule has 0 bridgehead atoms. The van der Waals surface area contributed by atoms with E-state index >= 15 is 0 Å². The largest absolute Gasteiger partial charge is 0.484 e. The minimum atomic E-state index is -4.39. The lowest BCUT2D eigenvalue weighted by Gasteiger charge is -2.16. The van der Waals surface area contributed by atoms with Gasteiger partial charge in [0.15, 0.2) is 12.6 Å². The summed E-state index contributed by atoms with van der Waals surface area (Å²) in [6.45, 7) is 2.65. The molecule has 1 heterocycles. The molecule has 0 aromatic heterocycles. The predicted molar refractivity (Wildman–Crippen MR) is 133 cm³/mol. The Bertz CT molecular complexity index is 936. The molecule has 10 heteroatoms. The molecule has 1 aliphatic heterocycles. The highest BCUT2D eigenvalue weighted by molar-refractivity contribution is 14.0. The first-order valence-electron chi connectivity index (χ1n) is 10.5. The number of alkyl halides is 3. The lowest BCUT2D eigenvalue weighted by atomic mass is 10.2. The Kier molecular flexibility index (Phi) is 10.3. The summed E-state index contributed by atoms with van der Waals surface area (Å²) in [5, 5.41) is 6.26. The minimum Gasteiger partial charge on any atom is -0.484 e. The van der Waals surface area contributed by atoms with Gasteiger partial charge in [0.2, 0.25) is 5.91 Å². The fourth-order valence-electron chi connectivity index (χ4n) is 3.34. The van der Waals surface area contributed by atoms with E-state index in [1.807, 2.05) is 31.2 Å². The Morgan fingerprint density at radius 2 is 1.85 bits per heavy atom. The van der Waals surface area contributed by atoms with E-state index in [0.29, 0.717) is 31.0 Å². The van der Waals surface area contributed by atoms with Crippen molar-refractivity contribution >= 4 is 41.5 Å². The number of benzene rings is 2. The van der Waals surface area contributed by atoms with E-state index in [9.17, 15) is 18.0 Å². The van der Waals surface area contributed by atoms with E-state index in [2.05, 4.69) is 15.6 Å². The van der Waals surface area contributed by atoms with E-state index in [1.54, 1.807) is 23.1 Å². The van der Waals surface area contributed by atoms with Gasteiger partial charge in [-0.2, -0.15) is 13.2 Å². The van der Waals surface area contributed by atoms with Crippen LogP contribution in [0.1, 0.15) is 30.9 Å². The van der Waals surface area contributed by atoms with E-state index in [0.717, 1.165) is 24.2 Å². The molecule has 2 N–H and O–H groups in total. The van der Waals surface area contributed by atoms with E-state index in [-0.39, 0.29) is 42.2 Å². The monoisotopic (exact) mass is 576 g/mol. The van der Waals surface area contributed by atoms with Gasteiger partial charge in [-0.05, 0) is 37.1 Å². The molecular weight excluding hydrogens is 548 g/mol. The highest BCUT2D eigenvalue weighted by Gasteiger charge is 2.28. The third kappa shape index (κ3) is 8.41. The number of carbonyl (C=O) groups excluding carboxylic acids is 1. The van der Waals surface area contributed by atoms with Gasteiger partial charge < -0.3 is 20.3 Å². The van der Waals surface area contributed by atoms with Gasteiger partial charge in [-0.25, -0.2) is 4.99 Å². The minimum absolute atomic E-state index is 0. The van der Waals surface area contributed by atoms with Crippen molar-refractivity contribution in [3.05, 3.63) is 59.7 Å². The molecule has 0 atom stereocenters. The van der Waals surface area contributed by atoms with Gasteiger partial charge >= 0.3 is 6.18 Å². The summed E-state index contributed by atoms with van der Waals surface area (Å²) >= 11 is 0. The summed E-state index contributed by atoms with van der Waals surface area (Å²) in [5.74, 6) is 0.867. The van der Waals surface area contributed by atoms with Crippen molar-refractivity contribution in [3.8, 4) is 5.75 Å². The van der Waals surface area contributed by atoms with E-state index in [4.69, 9.17) is 4.74 Å². The quantitative estimate of drug-likeness (QED) is 0.274. The third-order valence-corrected chi connectivity index (χ3v) is 4.90. The molecule has 1 fully saturated rings. The molecule has 2 aromatic carbocycles. The van der Waals surface area contributed by atoms with Gasteiger partial charge in [0.05, 0.1) is 6.54 Å². The number of anilines is 1. The fourth-order valence-corrected chi connectivity index (χ4v) is 3.34. The van der Waals surface area contributed by atoms with Crippen molar-refractivity contribution in [2.45, 2.75) is 39.0 Å². The zero-order valence-electron chi connectivity index (χ0n) is 18.3. The summed E-state index contributed by atoms with van der Waals surface area (Å²) in [7, 11) is 0. The molecular formula is C23H28F3IN4O2. The van der Waals surface area contributed by atoms with Gasteiger partial charge in [-0.15, -0.1) is 24.0 Å². The van der Waals surface area contributed by atoms with Crippen LogP contribution in [0.2, 0.25) is 0 Å². The van der Waals surface area contributed by atoms with Crippen LogP contribution in [0.3, 0.4) is 0 Å². The number of para-hydroxylation sites is 1. The summed E-state index contributed by atoms with van der Waals surface area (Å²) < 4.78 is 42.4. The van der Waals surface area contributed by atoms with Crippen molar-refractivity contribution in [3.63, 3.8) is 0 Å². The van der Waals surface area contributed by atoms with Crippen molar-refractivity contribution in [1.29, 1.82) is 0 Å². The second kappa shape index (κ2) is 12.7. The smallest absolute Gasteiger partial charge is 0.422 e. The van der Waals surface area contributed by atoms with Gasteiger partial charge in [0, 0.05) is 37.3 Å². The van der Waals surface area contributed by atoms with Gasteiger partial charge in [-0.1, -0.05) is 30.3 Å². The number of rotatable bonds is 8. The molecule has 0 radical (unpaired) electrons. The number of guanidine groups is 1. The number of ether oxygens (including phenoxy) is 1. The van der Waals surface area contributed by atoms with Gasteiger partial charge in [0.25, 0.3) is 0 Å². The Balaban J connectivity index is 0.00000385. The maximum atomic E-state index is 12.5. The fraction of sp³-hybridized carbons (Fsp3) is 0.391. The van der Waals surface area contributed by atoms with Gasteiger partial charge in [0.1, 0.15) is 5.75 Å². The topological polar surface area (TPSA) is 66.0 Å². The molecule has 1 saturated heterocycles. The molecule has 1 amide bonds. The number of hydrogen-bond donors (Lipinski definition) is 2. The number of amides is 1. The summed E-state index contributed by atoms with van der Waals surface area (Å²) in [6.07, 6.45) is -2.92. The van der Waals surface area contributed by atoms with Crippen LogP contribution < -0.4 is 20.3 Å². The Hall–Kier alpha value is -2.50. The highest BCUT2D eigenvalue weighted by Crippen LogP contribution is 2.23. The van der Waals surface area contributed by atoms with Crippen LogP contribution in [0.4, 0.5) is 18.9 Å². The molecule has 2 aromatic rings. The normalized spacial score (nSPS) is 14.1. The zero-order chi connectivity index (χ0) is 23.0. The lowest BCUT2D eigenvalue weighted by Crippen LogP contribution is -2.37. The Labute approximate surface area is 208 Å². The SMILES string of the molecule is CCNC(=NCc1ccc(N2CCCC2=O)cc1)NCc1ccccc1OCC(F)(F)F.I. The number of nitrogens with one attached hydrogen (secondary N) is 2. The maximum absolute atomic E-state index is 12.5. The average Bonchev–Trinajstić information content (AvgIpc) is 3.20. The van der Waals surface area contributed by atoms with Crippen molar-refractivity contribution in [2.75, 3.05) is 24.6 Å². The Morgan fingerprint density at radius 3 is 2.48 bits per heavy atom. The van der Waals surface area contributed by atoms with Crippen LogP contribution in [0, 0.1) is 0 Å². The lowest BCUT2D eigenvalue weighted by molar-refractivity contribution is -0.153. The molecule has 0 saturated carbocycles. The second-order valence-corrected chi connectivity index (χ2v) is 7.38. The molecule has 0 spiro atoms. The van der Waals surface area contributed by atoms with Crippen LogP contribution in [-0.2, 0) is 17.9 Å². The number of carbonyl (C=O) groups is 1. The first kappa shape index (κ1) is 26.7. The first-order valence-corrected chi connectivity index (χ1v) is 10.5. The van der Waals surface area contributed by atoms with Crippen molar-refractivity contribution in [1.82, 2.24) is 10.6 Å². The molecule has 33 heavy (non-hydrogen) atoms. The number of aliphatic imine (C=N–C) groups is 1. The molecule has 0 unspecified atom stereocenters. The highest BCUT2D eigenvalue weighted by atomic mass is 127. The molecule has 3 rings (SSSR count).